The second kappa shape index (κ2) is 5.15. The van der Waals surface area contributed by atoms with Crippen LogP contribution >= 0.6 is 0 Å². The van der Waals surface area contributed by atoms with Crippen LogP contribution in [-0.4, -0.2) is 48.2 Å². The molecule has 0 spiro atoms. The van der Waals surface area contributed by atoms with E-state index in [0.29, 0.717) is 18.4 Å². The van der Waals surface area contributed by atoms with E-state index in [-0.39, 0.29) is 0 Å². The Morgan fingerprint density at radius 2 is 2.19 bits per heavy atom. The highest BCUT2D eigenvalue weighted by atomic mass is 16.4. The Balaban J connectivity index is 1.91. The molecule has 0 amide bonds. The zero-order valence-corrected chi connectivity index (χ0v) is 9.98. The maximum absolute atomic E-state index is 10.8. The van der Waals surface area contributed by atoms with Gasteiger partial charge in [-0.15, -0.1) is 0 Å². The van der Waals surface area contributed by atoms with E-state index in [2.05, 4.69) is 10.2 Å². The number of likely N-dealkylation sites (N-methyl/N-ethyl adjacent to an activating group) is 1. The van der Waals surface area contributed by atoms with Gasteiger partial charge < -0.3 is 10.4 Å². The quantitative estimate of drug-likeness (QED) is 0.748. The molecule has 1 aliphatic carbocycles. The zero-order valence-electron chi connectivity index (χ0n) is 9.98. The normalized spacial score (nSPS) is 32.3. The van der Waals surface area contributed by atoms with Crippen LogP contribution in [0.3, 0.4) is 0 Å². The molecule has 2 aliphatic rings. The molecule has 92 valence electrons. The molecule has 0 aromatic heterocycles. The summed E-state index contributed by atoms with van der Waals surface area (Å²) in [7, 11) is 1.98. The molecule has 2 unspecified atom stereocenters. The molecule has 0 aromatic rings. The topological polar surface area (TPSA) is 52.6 Å². The van der Waals surface area contributed by atoms with Crippen LogP contribution in [0.5, 0.6) is 0 Å². The number of likely N-dealkylation sites (tertiary alicyclic amines) is 1. The summed E-state index contributed by atoms with van der Waals surface area (Å²) in [6, 6.07) is 1.20. The van der Waals surface area contributed by atoms with Gasteiger partial charge in [0.2, 0.25) is 0 Å². The Bertz CT molecular complexity index is 253. The number of nitrogens with zero attached hydrogens (tertiary/aromatic N) is 1. The number of nitrogens with one attached hydrogen (secondary N) is 1. The Kier molecular flexibility index (Phi) is 3.82. The third kappa shape index (κ3) is 2.74. The molecule has 2 atom stereocenters. The average Bonchev–Trinajstić information content (AvgIpc) is 2.13. The van der Waals surface area contributed by atoms with Gasteiger partial charge >= 0.3 is 5.97 Å². The molecule has 2 fully saturated rings. The van der Waals surface area contributed by atoms with Crippen molar-refractivity contribution < 1.29 is 9.90 Å². The van der Waals surface area contributed by atoms with Crippen LogP contribution in [0.4, 0.5) is 0 Å². The minimum atomic E-state index is -0.657. The van der Waals surface area contributed by atoms with Crippen LogP contribution in [0.1, 0.15) is 32.1 Å². The van der Waals surface area contributed by atoms with Crippen molar-refractivity contribution in [3.8, 4) is 0 Å². The lowest BCUT2D eigenvalue weighted by Crippen LogP contribution is -2.53. The van der Waals surface area contributed by atoms with E-state index in [1.165, 1.54) is 19.3 Å². The van der Waals surface area contributed by atoms with E-state index < -0.39 is 5.97 Å². The molecule has 4 heteroatoms. The summed E-state index contributed by atoms with van der Waals surface area (Å²) in [5.74, 6) is -0.334. The smallest absolute Gasteiger partial charge is 0.303 e. The van der Waals surface area contributed by atoms with E-state index in [1.54, 1.807) is 0 Å². The minimum absolute atomic E-state index is 0.321. The number of carboxylic acid groups (broad SMARTS) is 1. The molecular weight excluding hydrogens is 204 g/mol. The lowest BCUT2D eigenvalue weighted by atomic mass is 9.85. The molecule has 4 nitrogen and oxygen atoms in total. The van der Waals surface area contributed by atoms with Gasteiger partial charge in [-0.3, -0.25) is 9.69 Å². The Morgan fingerprint density at radius 3 is 2.69 bits per heavy atom. The van der Waals surface area contributed by atoms with Crippen LogP contribution in [0.25, 0.3) is 0 Å². The minimum Gasteiger partial charge on any atom is -0.481 e. The van der Waals surface area contributed by atoms with Crippen LogP contribution in [0.2, 0.25) is 0 Å². The lowest BCUT2D eigenvalue weighted by Gasteiger charge is -2.45. The molecule has 1 saturated heterocycles. The first kappa shape index (κ1) is 11.9. The van der Waals surface area contributed by atoms with Gasteiger partial charge in [-0.05, 0) is 32.2 Å². The maximum Gasteiger partial charge on any atom is 0.303 e. The van der Waals surface area contributed by atoms with Crippen molar-refractivity contribution in [2.24, 2.45) is 5.92 Å². The van der Waals surface area contributed by atoms with Crippen LogP contribution in [-0.2, 0) is 4.79 Å². The van der Waals surface area contributed by atoms with Crippen molar-refractivity contribution in [3.63, 3.8) is 0 Å². The third-order valence-corrected chi connectivity index (χ3v) is 4.03. The van der Waals surface area contributed by atoms with Crippen LogP contribution < -0.4 is 5.32 Å². The van der Waals surface area contributed by atoms with E-state index in [0.717, 1.165) is 25.6 Å². The number of carboxylic acids is 1. The number of carbonyl (C=O) groups is 1. The lowest BCUT2D eigenvalue weighted by molar-refractivity contribution is -0.138. The number of hydrogen-bond donors (Lipinski definition) is 2. The molecule has 0 radical (unpaired) electrons. The number of aliphatic carboxylic acids is 1. The molecule has 1 aliphatic heterocycles. The highest BCUT2D eigenvalue weighted by molar-refractivity contribution is 5.67. The fraction of sp³-hybridized carbons (Fsp3) is 0.917. The van der Waals surface area contributed by atoms with Gasteiger partial charge in [0.15, 0.2) is 0 Å². The number of rotatable bonds is 4. The number of hydrogen-bond acceptors (Lipinski definition) is 3. The molecular formula is C12H22N2O2. The van der Waals surface area contributed by atoms with Crippen molar-refractivity contribution in [1.82, 2.24) is 10.2 Å². The summed E-state index contributed by atoms with van der Waals surface area (Å²) in [5, 5.41) is 12.2. The van der Waals surface area contributed by atoms with Crippen molar-refractivity contribution in [2.45, 2.75) is 44.2 Å². The summed E-state index contributed by atoms with van der Waals surface area (Å²) in [4.78, 5) is 13.3. The first-order valence-electron chi connectivity index (χ1n) is 6.32. The maximum atomic E-state index is 10.8. The first-order valence-corrected chi connectivity index (χ1v) is 6.32. The second-order valence-electron chi connectivity index (χ2n) is 5.22. The van der Waals surface area contributed by atoms with E-state index in [4.69, 9.17) is 5.11 Å². The van der Waals surface area contributed by atoms with E-state index >= 15 is 0 Å². The molecule has 1 heterocycles. The first-order chi connectivity index (χ1) is 7.69. The monoisotopic (exact) mass is 226 g/mol. The average molecular weight is 226 g/mol. The van der Waals surface area contributed by atoms with Crippen molar-refractivity contribution in [2.75, 3.05) is 20.1 Å². The van der Waals surface area contributed by atoms with Gasteiger partial charge in [-0.25, -0.2) is 0 Å². The highest BCUT2D eigenvalue weighted by Gasteiger charge is 2.33. The largest absolute Gasteiger partial charge is 0.481 e. The molecule has 0 bridgehead atoms. The fourth-order valence-electron chi connectivity index (χ4n) is 2.89. The zero-order chi connectivity index (χ0) is 11.5. The van der Waals surface area contributed by atoms with Gasteiger partial charge in [-0.2, -0.15) is 0 Å². The van der Waals surface area contributed by atoms with Crippen molar-refractivity contribution in [3.05, 3.63) is 0 Å². The van der Waals surface area contributed by atoms with Gasteiger partial charge in [0.05, 0.1) is 0 Å². The van der Waals surface area contributed by atoms with Gasteiger partial charge in [-0.1, -0.05) is 6.42 Å². The molecule has 16 heavy (non-hydrogen) atoms. The van der Waals surface area contributed by atoms with Crippen LogP contribution in [0.15, 0.2) is 0 Å². The standard InChI is InChI=1S/C12H22N2O2/c1-13-10-5-9(6-12(15)16)7-14(8-10)11-3-2-4-11/h9-11,13H,2-8H2,1H3,(H,15,16). The van der Waals surface area contributed by atoms with Gasteiger partial charge in [0.1, 0.15) is 0 Å². The summed E-state index contributed by atoms with van der Waals surface area (Å²) >= 11 is 0. The third-order valence-electron chi connectivity index (χ3n) is 4.03. The predicted octanol–water partition coefficient (Wildman–Crippen LogP) is 0.923. The SMILES string of the molecule is CNC1CC(CC(=O)O)CN(C2CCC2)C1. The van der Waals surface area contributed by atoms with Gasteiger partial charge in [0, 0.05) is 31.6 Å². The van der Waals surface area contributed by atoms with Crippen molar-refractivity contribution >= 4 is 5.97 Å². The number of piperidine rings is 1. The Hall–Kier alpha value is -0.610. The fourth-order valence-corrected chi connectivity index (χ4v) is 2.89. The van der Waals surface area contributed by atoms with E-state index in [9.17, 15) is 4.79 Å². The Labute approximate surface area is 97.0 Å². The Morgan fingerprint density at radius 1 is 1.44 bits per heavy atom. The summed E-state index contributed by atoms with van der Waals surface area (Å²) in [6.45, 7) is 2.08. The molecule has 0 aromatic carbocycles. The predicted molar refractivity (Wildman–Crippen MR) is 62.4 cm³/mol. The molecule has 2 N–H and O–H groups in total. The van der Waals surface area contributed by atoms with Crippen LogP contribution in [0, 0.1) is 5.92 Å². The molecule has 2 rings (SSSR count). The summed E-state index contributed by atoms with van der Waals surface area (Å²) in [5.41, 5.74) is 0. The summed E-state index contributed by atoms with van der Waals surface area (Å²) < 4.78 is 0. The van der Waals surface area contributed by atoms with Gasteiger partial charge in [0.25, 0.3) is 0 Å². The second-order valence-corrected chi connectivity index (χ2v) is 5.22. The highest BCUT2D eigenvalue weighted by Crippen LogP contribution is 2.30. The molecule has 1 saturated carbocycles. The van der Waals surface area contributed by atoms with E-state index in [1.807, 2.05) is 7.05 Å². The summed E-state index contributed by atoms with van der Waals surface area (Å²) in [6.07, 6.45) is 5.27. The van der Waals surface area contributed by atoms with Crippen molar-refractivity contribution in [1.29, 1.82) is 0 Å².